The molecule has 0 bridgehead atoms. The standard InChI is InChI=1S/C17H19N3O2S/c1-11-16(23-13(3)18-11)17(21)22-10-6-9-20-12(2)19-14-7-4-5-8-15(14)20/h4-5,7-8H,6,9-10H2,1-3H3. The number of rotatable bonds is 5. The Morgan fingerprint density at radius 2 is 2.00 bits per heavy atom. The third-order valence-electron chi connectivity index (χ3n) is 3.69. The number of nitrogens with zero attached hydrogens (tertiary/aromatic N) is 3. The summed E-state index contributed by atoms with van der Waals surface area (Å²) in [5.41, 5.74) is 2.86. The van der Waals surface area contributed by atoms with Crippen molar-refractivity contribution in [2.75, 3.05) is 6.61 Å². The van der Waals surface area contributed by atoms with Gasteiger partial charge >= 0.3 is 5.97 Å². The molecule has 0 aliphatic heterocycles. The number of fused-ring (bicyclic) bond motifs is 1. The predicted molar refractivity (Wildman–Crippen MR) is 91.0 cm³/mol. The van der Waals surface area contributed by atoms with Crippen LogP contribution in [0.25, 0.3) is 11.0 Å². The van der Waals surface area contributed by atoms with Gasteiger partial charge in [0.25, 0.3) is 0 Å². The van der Waals surface area contributed by atoms with Crippen molar-refractivity contribution in [3.8, 4) is 0 Å². The van der Waals surface area contributed by atoms with E-state index in [0.29, 0.717) is 11.5 Å². The molecule has 0 saturated heterocycles. The molecule has 0 radical (unpaired) electrons. The third-order valence-corrected chi connectivity index (χ3v) is 4.75. The Morgan fingerprint density at radius 1 is 1.22 bits per heavy atom. The summed E-state index contributed by atoms with van der Waals surface area (Å²) in [5, 5.41) is 0.884. The first-order valence-corrected chi connectivity index (χ1v) is 8.41. The second-order valence-electron chi connectivity index (χ2n) is 5.44. The van der Waals surface area contributed by atoms with Gasteiger partial charge in [0.05, 0.1) is 28.3 Å². The molecule has 0 aliphatic carbocycles. The number of hydrogen-bond acceptors (Lipinski definition) is 5. The van der Waals surface area contributed by atoms with Crippen molar-refractivity contribution in [1.82, 2.24) is 14.5 Å². The quantitative estimate of drug-likeness (QED) is 0.529. The van der Waals surface area contributed by atoms with Crippen molar-refractivity contribution in [3.05, 3.63) is 45.7 Å². The van der Waals surface area contributed by atoms with Crippen LogP contribution < -0.4 is 0 Å². The van der Waals surface area contributed by atoms with Crippen LogP contribution in [0.2, 0.25) is 0 Å². The topological polar surface area (TPSA) is 57.0 Å². The highest BCUT2D eigenvalue weighted by Gasteiger charge is 2.15. The molecule has 2 aromatic heterocycles. The van der Waals surface area contributed by atoms with E-state index in [1.165, 1.54) is 11.3 Å². The number of para-hydroxylation sites is 2. The molecular weight excluding hydrogens is 310 g/mol. The lowest BCUT2D eigenvalue weighted by molar-refractivity contribution is 0.0501. The number of aryl methyl sites for hydroxylation is 4. The molecule has 3 aromatic rings. The summed E-state index contributed by atoms with van der Waals surface area (Å²) in [6, 6.07) is 8.06. The van der Waals surface area contributed by atoms with E-state index in [1.54, 1.807) is 0 Å². The van der Waals surface area contributed by atoms with Crippen molar-refractivity contribution in [3.63, 3.8) is 0 Å². The van der Waals surface area contributed by atoms with Crippen molar-refractivity contribution < 1.29 is 9.53 Å². The molecule has 6 heteroatoms. The Balaban J connectivity index is 1.58. The summed E-state index contributed by atoms with van der Waals surface area (Å²) >= 11 is 1.38. The highest BCUT2D eigenvalue weighted by atomic mass is 32.1. The highest BCUT2D eigenvalue weighted by molar-refractivity contribution is 7.13. The van der Waals surface area contributed by atoms with Crippen molar-refractivity contribution in [1.29, 1.82) is 0 Å². The minimum Gasteiger partial charge on any atom is -0.461 e. The highest BCUT2D eigenvalue weighted by Crippen LogP contribution is 2.19. The summed E-state index contributed by atoms with van der Waals surface area (Å²) in [6.45, 7) is 6.89. The van der Waals surface area contributed by atoms with Crippen LogP contribution >= 0.6 is 11.3 Å². The van der Waals surface area contributed by atoms with E-state index in [2.05, 4.69) is 20.6 Å². The molecule has 3 rings (SSSR count). The fourth-order valence-corrected chi connectivity index (χ4v) is 3.47. The monoisotopic (exact) mass is 329 g/mol. The van der Waals surface area contributed by atoms with Gasteiger partial charge in [-0.2, -0.15) is 0 Å². The number of ether oxygens (including phenoxy) is 1. The third kappa shape index (κ3) is 3.27. The van der Waals surface area contributed by atoms with Gasteiger partial charge in [0.2, 0.25) is 0 Å². The van der Waals surface area contributed by atoms with Crippen LogP contribution in [0, 0.1) is 20.8 Å². The van der Waals surface area contributed by atoms with Gasteiger partial charge in [-0.05, 0) is 39.3 Å². The first-order chi connectivity index (χ1) is 11.1. The van der Waals surface area contributed by atoms with E-state index in [9.17, 15) is 4.79 Å². The number of carbonyl (C=O) groups is 1. The van der Waals surface area contributed by atoms with E-state index in [-0.39, 0.29) is 5.97 Å². The minimum absolute atomic E-state index is 0.277. The van der Waals surface area contributed by atoms with Crippen LogP contribution in [0.4, 0.5) is 0 Å². The first kappa shape index (κ1) is 15.7. The number of hydrogen-bond donors (Lipinski definition) is 0. The first-order valence-electron chi connectivity index (χ1n) is 7.59. The number of benzene rings is 1. The van der Waals surface area contributed by atoms with Crippen LogP contribution in [-0.4, -0.2) is 27.1 Å². The van der Waals surface area contributed by atoms with Gasteiger partial charge in [0, 0.05) is 6.54 Å². The number of esters is 1. The Morgan fingerprint density at radius 3 is 2.74 bits per heavy atom. The van der Waals surface area contributed by atoms with Crippen LogP contribution in [-0.2, 0) is 11.3 Å². The number of aromatic nitrogens is 3. The maximum absolute atomic E-state index is 12.0. The van der Waals surface area contributed by atoms with E-state index in [1.807, 2.05) is 39.0 Å². The van der Waals surface area contributed by atoms with E-state index >= 15 is 0 Å². The van der Waals surface area contributed by atoms with E-state index in [4.69, 9.17) is 4.74 Å². The van der Waals surface area contributed by atoms with Crippen molar-refractivity contribution >= 4 is 28.3 Å². The summed E-state index contributed by atoms with van der Waals surface area (Å²) in [6.07, 6.45) is 0.754. The maximum atomic E-state index is 12.0. The van der Waals surface area contributed by atoms with Crippen LogP contribution in [0.1, 0.15) is 32.6 Å². The zero-order chi connectivity index (χ0) is 16.4. The lowest BCUT2D eigenvalue weighted by atomic mass is 10.3. The maximum Gasteiger partial charge on any atom is 0.350 e. The lowest BCUT2D eigenvalue weighted by Gasteiger charge is -2.07. The summed E-state index contributed by atoms with van der Waals surface area (Å²) < 4.78 is 7.53. The van der Waals surface area contributed by atoms with Gasteiger partial charge in [-0.3, -0.25) is 0 Å². The molecule has 120 valence electrons. The summed E-state index contributed by atoms with van der Waals surface area (Å²) in [7, 11) is 0. The molecule has 5 nitrogen and oxygen atoms in total. The molecule has 0 aliphatic rings. The van der Waals surface area contributed by atoms with Gasteiger partial charge in [-0.25, -0.2) is 14.8 Å². The number of carbonyl (C=O) groups excluding carboxylic acids is 1. The fourth-order valence-electron chi connectivity index (χ4n) is 2.65. The zero-order valence-electron chi connectivity index (χ0n) is 13.5. The summed E-state index contributed by atoms with van der Waals surface area (Å²) in [5.74, 6) is 0.701. The Kier molecular flexibility index (Phi) is 4.43. The van der Waals surface area contributed by atoms with Gasteiger partial charge in [0.1, 0.15) is 10.7 Å². The molecule has 0 spiro atoms. The molecule has 0 N–H and O–H groups in total. The molecular formula is C17H19N3O2S. The van der Waals surface area contributed by atoms with Crippen LogP contribution in [0.3, 0.4) is 0 Å². The molecule has 0 unspecified atom stereocenters. The van der Waals surface area contributed by atoms with Gasteiger partial charge < -0.3 is 9.30 Å². The van der Waals surface area contributed by atoms with E-state index < -0.39 is 0 Å². The molecule has 2 heterocycles. The predicted octanol–water partition coefficient (Wildman–Crippen LogP) is 3.67. The van der Waals surface area contributed by atoms with Gasteiger partial charge in [-0.1, -0.05) is 12.1 Å². The second-order valence-corrected chi connectivity index (χ2v) is 6.64. The Hall–Kier alpha value is -2.21. The molecule has 0 saturated carbocycles. The lowest BCUT2D eigenvalue weighted by Crippen LogP contribution is -2.09. The molecule has 23 heavy (non-hydrogen) atoms. The smallest absolute Gasteiger partial charge is 0.350 e. The SMILES string of the molecule is Cc1nc(C)c(C(=O)OCCCn2c(C)nc3ccccc32)s1. The minimum atomic E-state index is -0.277. The molecule has 0 fully saturated rings. The van der Waals surface area contributed by atoms with E-state index in [0.717, 1.165) is 40.5 Å². The van der Waals surface area contributed by atoms with Crippen molar-refractivity contribution in [2.45, 2.75) is 33.7 Å². The largest absolute Gasteiger partial charge is 0.461 e. The number of imidazole rings is 1. The van der Waals surface area contributed by atoms with Gasteiger partial charge in [0.15, 0.2) is 0 Å². The second kappa shape index (κ2) is 6.50. The Labute approximate surface area is 138 Å². The zero-order valence-corrected chi connectivity index (χ0v) is 14.3. The number of thiazole rings is 1. The van der Waals surface area contributed by atoms with Crippen molar-refractivity contribution in [2.24, 2.45) is 0 Å². The fraction of sp³-hybridized carbons (Fsp3) is 0.353. The molecule has 0 amide bonds. The van der Waals surface area contributed by atoms with Crippen LogP contribution in [0.5, 0.6) is 0 Å². The molecule has 0 atom stereocenters. The van der Waals surface area contributed by atoms with Crippen LogP contribution in [0.15, 0.2) is 24.3 Å². The normalized spacial score (nSPS) is 11.1. The Bertz CT molecular complexity index is 851. The average Bonchev–Trinajstić information content (AvgIpc) is 3.02. The van der Waals surface area contributed by atoms with Gasteiger partial charge in [-0.15, -0.1) is 11.3 Å². The average molecular weight is 329 g/mol. The summed E-state index contributed by atoms with van der Waals surface area (Å²) in [4.78, 5) is 21.4. The molecule has 1 aromatic carbocycles.